The van der Waals surface area contributed by atoms with Crippen LogP contribution in [0.4, 0.5) is 0 Å². The molecule has 1 atom stereocenters. The van der Waals surface area contributed by atoms with E-state index >= 15 is 0 Å². The lowest BCUT2D eigenvalue weighted by Gasteiger charge is -2.31. The molecule has 1 saturated heterocycles. The van der Waals surface area contributed by atoms with E-state index in [4.69, 9.17) is 9.47 Å². The van der Waals surface area contributed by atoms with Crippen molar-refractivity contribution in [2.45, 2.75) is 64.1 Å². The summed E-state index contributed by atoms with van der Waals surface area (Å²) in [6.45, 7) is 4.53. The molecule has 33 heavy (non-hydrogen) atoms. The average Bonchev–Trinajstić information content (AvgIpc) is 3.54. The van der Waals surface area contributed by atoms with Crippen molar-refractivity contribution < 1.29 is 24.2 Å². The number of carbonyl (C=O) groups excluding carboxylic acids is 2. The van der Waals surface area contributed by atoms with Gasteiger partial charge in [0.05, 0.1) is 24.3 Å². The smallest absolute Gasteiger partial charge is 0.295 e. The number of hydrogen-bond donors (Lipinski definition) is 1. The molecule has 1 amide bonds. The van der Waals surface area contributed by atoms with E-state index in [2.05, 4.69) is 0 Å². The van der Waals surface area contributed by atoms with E-state index in [0.717, 1.165) is 54.7 Å². The van der Waals surface area contributed by atoms with Gasteiger partial charge in [-0.25, -0.2) is 0 Å². The van der Waals surface area contributed by atoms with Gasteiger partial charge in [-0.15, -0.1) is 0 Å². The number of benzene rings is 2. The van der Waals surface area contributed by atoms with Crippen molar-refractivity contribution in [3.8, 4) is 11.5 Å². The predicted octanol–water partition coefficient (Wildman–Crippen LogP) is 4.77. The van der Waals surface area contributed by atoms with Crippen molar-refractivity contribution in [1.29, 1.82) is 0 Å². The fourth-order valence-corrected chi connectivity index (χ4v) is 5.23. The molecule has 172 valence electrons. The maximum Gasteiger partial charge on any atom is 0.295 e. The Labute approximate surface area is 193 Å². The Hall–Kier alpha value is -3.28. The normalized spacial score (nSPS) is 22.2. The van der Waals surface area contributed by atoms with Crippen molar-refractivity contribution in [3.63, 3.8) is 0 Å². The van der Waals surface area contributed by atoms with Gasteiger partial charge >= 0.3 is 0 Å². The number of ether oxygens (including phenoxy) is 2. The summed E-state index contributed by atoms with van der Waals surface area (Å²) in [7, 11) is 0. The summed E-state index contributed by atoms with van der Waals surface area (Å²) in [5, 5.41) is 11.3. The molecule has 0 radical (unpaired) electrons. The largest absolute Gasteiger partial charge is 0.507 e. The minimum Gasteiger partial charge on any atom is -0.507 e. The van der Waals surface area contributed by atoms with E-state index < -0.39 is 17.7 Å². The molecule has 2 fully saturated rings. The van der Waals surface area contributed by atoms with Crippen LogP contribution < -0.4 is 9.47 Å². The lowest BCUT2D eigenvalue weighted by molar-refractivity contribution is -0.141. The second-order valence-corrected chi connectivity index (χ2v) is 9.30. The highest BCUT2D eigenvalue weighted by molar-refractivity contribution is 6.46. The molecule has 6 heteroatoms. The van der Waals surface area contributed by atoms with Crippen LogP contribution in [-0.2, 0) is 16.0 Å². The Bertz CT molecular complexity index is 1110. The highest BCUT2D eigenvalue weighted by atomic mass is 16.5. The molecule has 5 rings (SSSR count). The maximum atomic E-state index is 13.3. The zero-order valence-electron chi connectivity index (χ0n) is 19.0. The first-order chi connectivity index (χ1) is 15.9. The molecule has 2 heterocycles. The number of aliphatic hydroxyl groups excluding tert-OH is 1. The number of fused-ring (bicyclic) bond motifs is 1. The summed E-state index contributed by atoms with van der Waals surface area (Å²) in [5.41, 5.74) is 2.48. The van der Waals surface area contributed by atoms with Gasteiger partial charge in [-0.1, -0.05) is 25.0 Å². The molecule has 3 aliphatic rings. The first-order valence-corrected chi connectivity index (χ1v) is 11.8. The lowest BCUT2D eigenvalue weighted by Crippen LogP contribution is -2.37. The summed E-state index contributed by atoms with van der Waals surface area (Å²) in [6, 6.07) is 12.3. The monoisotopic (exact) mass is 447 g/mol. The molecule has 1 aliphatic carbocycles. The maximum absolute atomic E-state index is 13.3. The second kappa shape index (κ2) is 8.58. The van der Waals surface area contributed by atoms with Crippen LogP contribution in [0.2, 0.25) is 0 Å². The SMILES string of the molecule is CC(C)Oc1ccc(C2/C(=C(/O)c3ccc4c(c3)CCO4)C(=O)C(=O)N2C2CCCC2)cc1. The fraction of sp³-hybridized carbons (Fsp3) is 0.407. The van der Waals surface area contributed by atoms with Gasteiger partial charge in [-0.05, 0) is 68.1 Å². The van der Waals surface area contributed by atoms with Crippen molar-refractivity contribution >= 4 is 17.4 Å². The van der Waals surface area contributed by atoms with Crippen LogP contribution in [0.15, 0.2) is 48.0 Å². The summed E-state index contributed by atoms with van der Waals surface area (Å²) in [5.74, 6) is 0.251. The Morgan fingerprint density at radius 3 is 2.52 bits per heavy atom. The summed E-state index contributed by atoms with van der Waals surface area (Å²) in [6.07, 6.45) is 4.61. The Balaban J connectivity index is 1.60. The van der Waals surface area contributed by atoms with E-state index in [1.54, 1.807) is 11.0 Å². The Kier molecular flexibility index (Phi) is 5.60. The molecule has 2 aromatic rings. The van der Waals surface area contributed by atoms with Crippen LogP contribution >= 0.6 is 0 Å². The fourth-order valence-electron chi connectivity index (χ4n) is 5.23. The summed E-state index contributed by atoms with van der Waals surface area (Å²) >= 11 is 0. The number of amides is 1. The van der Waals surface area contributed by atoms with Crippen molar-refractivity contribution in [2.24, 2.45) is 0 Å². The molecular weight excluding hydrogens is 418 g/mol. The van der Waals surface area contributed by atoms with Crippen LogP contribution in [0.3, 0.4) is 0 Å². The third kappa shape index (κ3) is 3.88. The first-order valence-electron chi connectivity index (χ1n) is 11.8. The van der Waals surface area contributed by atoms with Gasteiger partial charge in [0.25, 0.3) is 11.7 Å². The second-order valence-electron chi connectivity index (χ2n) is 9.30. The van der Waals surface area contributed by atoms with Crippen LogP contribution in [0.1, 0.15) is 62.3 Å². The van der Waals surface area contributed by atoms with Crippen molar-refractivity contribution in [3.05, 3.63) is 64.7 Å². The topological polar surface area (TPSA) is 76.1 Å². The van der Waals surface area contributed by atoms with Crippen LogP contribution in [0.5, 0.6) is 11.5 Å². The summed E-state index contributed by atoms with van der Waals surface area (Å²) in [4.78, 5) is 28.2. The highest BCUT2D eigenvalue weighted by Crippen LogP contribution is 2.44. The third-order valence-corrected chi connectivity index (χ3v) is 6.73. The molecule has 0 spiro atoms. The standard InChI is InChI=1S/C27H29NO5/c1-16(2)33-21-10-7-17(8-11-21)24-23(26(30)27(31)28(24)20-5-3-4-6-20)25(29)19-9-12-22-18(15-19)13-14-32-22/h7-12,15-16,20,24,29H,3-6,13-14H2,1-2H3/b25-23-. The molecule has 1 N–H and O–H groups in total. The lowest BCUT2D eigenvalue weighted by atomic mass is 9.94. The van der Waals surface area contributed by atoms with E-state index in [9.17, 15) is 14.7 Å². The van der Waals surface area contributed by atoms with E-state index in [0.29, 0.717) is 12.2 Å². The van der Waals surface area contributed by atoms with Crippen molar-refractivity contribution in [2.75, 3.05) is 6.61 Å². The van der Waals surface area contributed by atoms with Gasteiger partial charge in [-0.2, -0.15) is 0 Å². The van der Waals surface area contributed by atoms with Gasteiger partial charge in [-0.3, -0.25) is 9.59 Å². The minimum atomic E-state index is -0.622. The van der Waals surface area contributed by atoms with Gasteiger partial charge < -0.3 is 19.5 Å². The predicted molar refractivity (Wildman–Crippen MR) is 124 cm³/mol. The Morgan fingerprint density at radius 2 is 1.82 bits per heavy atom. The van der Waals surface area contributed by atoms with Crippen LogP contribution in [0.25, 0.3) is 5.76 Å². The number of hydrogen-bond acceptors (Lipinski definition) is 5. The first kappa shape index (κ1) is 21.6. The number of likely N-dealkylation sites (tertiary alicyclic amines) is 1. The van der Waals surface area contributed by atoms with Crippen LogP contribution in [0, 0.1) is 0 Å². The van der Waals surface area contributed by atoms with Gasteiger partial charge in [0.1, 0.15) is 17.3 Å². The number of ketones is 1. The number of Topliss-reactive ketones (excluding diaryl/α,β-unsaturated/α-hetero) is 1. The zero-order chi connectivity index (χ0) is 23.1. The number of aliphatic hydroxyl groups is 1. The van der Waals surface area contributed by atoms with Crippen LogP contribution in [-0.4, -0.2) is 40.4 Å². The average molecular weight is 448 g/mol. The van der Waals surface area contributed by atoms with E-state index in [1.165, 1.54) is 0 Å². The zero-order valence-corrected chi connectivity index (χ0v) is 19.0. The molecule has 1 unspecified atom stereocenters. The van der Waals surface area contributed by atoms with Gasteiger partial charge in [0.15, 0.2) is 0 Å². The summed E-state index contributed by atoms with van der Waals surface area (Å²) < 4.78 is 11.3. The van der Waals surface area contributed by atoms with Gasteiger partial charge in [0, 0.05) is 18.0 Å². The minimum absolute atomic E-state index is 0.00300. The van der Waals surface area contributed by atoms with Crippen molar-refractivity contribution in [1.82, 2.24) is 4.90 Å². The molecule has 6 nitrogen and oxygen atoms in total. The van der Waals surface area contributed by atoms with E-state index in [-0.39, 0.29) is 23.5 Å². The molecule has 1 saturated carbocycles. The molecule has 0 aromatic heterocycles. The highest BCUT2D eigenvalue weighted by Gasteiger charge is 2.49. The Morgan fingerprint density at radius 1 is 1.09 bits per heavy atom. The molecular formula is C27H29NO5. The molecule has 0 bridgehead atoms. The number of rotatable bonds is 5. The quantitative estimate of drug-likeness (QED) is 0.406. The molecule has 2 aliphatic heterocycles. The number of nitrogens with zero attached hydrogens (tertiary/aromatic N) is 1. The number of carbonyl (C=O) groups is 2. The van der Waals surface area contributed by atoms with E-state index in [1.807, 2.05) is 50.2 Å². The third-order valence-electron chi connectivity index (χ3n) is 6.73. The molecule has 2 aromatic carbocycles. The van der Waals surface area contributed by atoms with Gasteiger partial charge in [0.2, 0.25) is 0 Å².